The maximum Gasteiger partial charge on any atom is 0.302 e. The van der Waals surface area contributed by atoms with E-state index in [4.69, 9.17) is 18.9 Å². The van der Waals surface area contributed by atoms with E-state index in [0.29, 0.717) is 12.8 Å². The van der Waals surface area contributed by atoms with Crippen LogP contribution in [0.2, 0.25) is 0 Å². The molecule has 0 aromatic rings. The van der Waals surface area contributed by atoms with Crippen molar-refractivity contribution in [1.82, 2.24) is 0 Å². The predicted octanol–water partition coefficient (Wildman–Crippen LogP) is 1.02. The van der Waals surface area contributed by atoms with E-state index in [9.17, 15) is 19.8 Å². The van der Waals surface area contributed by atoms with Gasteiger partial charge < -0.3 is 29.2 Å². The van der Waals surface area contributed by atoms with Crippen molar-refractivity contribution < 1.29 is 38.7 Å². The number of esters is 1. The number of methoxy groups -OCH3 is 1. The second-order valence-electron chi connectivity index (χ2n) is 11.4. The zero-order valence-electron chi connectivity index (χ0n) is 18.5. The molecule has 8 aliphatic rings. The molecule has 0 aromatic carbocycles. The largest absolute Gasteiger partial charge is 0.462 e. The number of aliphatic hydroxyl groups is 2. The second-order valence-corrected chi connectivity index (χ2v) is 11.4. The van der Waals surface area contributed by atoms with Crippen LogP contribution in [0.5, 0.6) is 0 Å². The molecule has 1 unspecified atom stereocenters. The van der Waals surface area contributed by atoms with Crippen LogP contribution < -0.4 is 0 Å². The Bertz CT molecular complexity index is 857. The summed E-state index contributed by atoms with van der Waals surface area (Å²) in [5, 5.41) is 23.7. The molecule has 11 atom stereocenters. The fraction of sp³-hybridized carbons (Fsp3) is 0.913. The van der Waals surface area contributed by atoms with E-state index < -0.39 is 59.0 Å². The molecule has 4 aliphatic carbocycles. The minimum absolute atomic E-state index is 0.176. The molecule has 0 amide bonds. The van der Waals surface area contributed by atoms with Crippen molar-refractivity contribution in [2.45, 2.75) is 76.8 Å². The summed E-state index contributed by atoms with van der Waals surface area (Å²) in [5.41, 5.74) is -2.46. The molecule has 0 radical (unpaired) electrons. The van der Waals surface area contributed by atoms with Crippen LogP contribution in [0.1, 0.15) is 46.5 Å². The maximum absolute atomic E-state index is 14.1. The number of carbonyl (C=O) groups is 2. The van der Waals surface area contributed by atoms with Crippen molar-refractivity contribution in [3.63, 3.8) is 0 Å². The lowest BCUT2D eigenvalue weighted by Crippen LogP contribution is -2.91. The monoisotopic (exact) mass is 436 g/mol. The molecule has 2 N–H and O–H groups in total. The summed E-state index contributed by atoms with van der Waals surface area (Å²) in [6.45, 7) is 5.79. The average molecular weight is 437 g/mol. The number of rotatable bonds is 3. The Morgan fingerprint density at radius 3 is 2.68 bits per heavy atom. The summed E-state index contributed by atoms with van der Waals surface area (Å²) in [6, 6.07) is 0. The Morgan fingerprint density at radius 2 is 2.00 bits per heavy atom. The van der Waals surface area contributed by atoms with Gasteiger partial charge in [-0.15, -0.1) is 0 Å². The SMILES string of the molecule is COC[C@@H]1C(=O)[C@@]23[C@H]4OC5O[C@@]2(O)[C@@H](O)[C@@H]2C(C)(C)CCC[C@]52[C@@H]3[C@@H](OC(C)=O)C[C@@H]14. The Morgan fingerprint density at radius 1 is 1.26 bits per heavy atom. The normalized spacial score (nSPS) is 57.7. The maximum atomic E-state index is 14.1. The van der Waals surface area contributed by atoms with Gasteiger partial charge in [-0.1, -0.05) is 20.3 Å². The molecule has 2 spiro atoms. The van der Waals surface area contributed by atoms with Crippen LogP contribution in [0.25, 0.3) is 0 Å². The van der Waals surface area contributed by atoms with Gasteiger partial charge in [0.2, 0.25) is 5.79 Å². The van der Waals surface area contributed by atoms with E-state index in [2.05, 4.69) is 13.8 Å². The number of hydrogen-bond donors (Lipinski definition) is 2. The minimum atomic E-state index is -2.07. The summed E-state index contributed by atoms with van der Waals surface area (Å²) in [5.74, 6) is -4.19. The van der Waals surface area contributed by atoms with E-state index in [1.54, 1.807) is 7.11 Å². The van der Waals surface area contributed by atoms with Gasteiger partial charge in [0.25, 0.3) is 0 Å². The number of hydrogen-bond acceptors (Lipinski definition) is 8. The van der Waals surface area contributed by atoms with Crippen LogP contribution >= 0.6 is 0 Å². The van der Waals surface area contributed by atoms with E-state index in [1.165, 1.54) is 6.92 Å². The van der Waals surface area contributed by atoms with E-state index in [0.717, 1.165) is 12.8 Å². The van der Waals surface area contributed by atoms with Gasteiger partial charge in [0.05, 0.1) is 12.7 Å². The number of Topliss-reactive ketones (excluding diaryl/α,β-unsaturated/α-hetero) is 1. The average Bonchev–Trinajstić information content (AvgIpc) is 2.83. The van der Waals surface area contributed by atoms with Gasteiger partial charge in [-0.25, -0.2) is 0 Å². The first kappa shape index (κ1) is 20.5. The van der Waals surface area contributed by atoms with Crippen molar-refractivity contribution in [3.05, 3.63) is 0 Å². The first-order valence-corrected chi connectivity index (χ1v) is 11.5. The summed E-state index contributed by atoms with van der Waals surface area (Å²) in [6.07, 6.45) is -0.0967. The van der Waals surface area contributed by atoms with Crippen LogP contribution in [0.3, 0.4) is 0 Å². The molecule has 4 heterocycles. The highest BCUT2D eigenvalue weighted by Gasteiger charge is 2.93. The number of ketones is 1. The first-order chi connectivity index (χ1) is 14.6. The zero-order chi connectivity index (χ0) is 22.1. The second kappa shape index (κ2) is 5.89. The van der Waals surface area contributed by atoms with Gasteiger partial charge in [0.1, 0.15) is 17.6 Å². The minimum Gasteiger partial charge on any atom is -0.462 e. The molecule has 8 heteroatoms. The Kier molecular flexibility index (Phi) is 3.90. The zero-order valence-corrected chi connectivity index (χ0v) is 18.5. The van der Waals surface area contributed by atoms with Gasteiger partial charge in [-0.05, 0) is 24.7 Å². The summed E-state index contributed by atoms with van der Waals surface area (Å²) >= 11 is 0. The van der Waals surface area contributed by atoms with E-state index >= 15 is 0 Å². The summed E-state index contributed by atoms with van der Waals surface area (Å²) in [7, 11) is 1.55. The molecular formula is C23H32O8. The van der Waals surface area contributed by atoms with Crippen LogP contribution in [-0.4, -0.2) is 66.1 Å². The molecule has 4 saturated carbocycles. The fourth-order valence-corrected chi connectivity index (χ4v) is 9.36. The molecule has 7 bridgehead atoms. The molecule has 4 aliphatic heterocycles. The molecular weight excluding hydrogens is 404 g/mol. The van der Waals surface area contributed by atoms with Gasteiger partial charge in [0.15, 0.2) is 12.1 Å². The van der Waals surface area contributed by atoms with Gasteiger partial charge in [-0.2, -0.15) is 0 Å². The van der Waals surface area contributed by atoms with Crippen molar-refractivity contribution in [2.75, 3.05) is 13.7 Å². The molecule has 8 fully saturated rings. The van der Waals surface area contributed by atoms with Gasteiger partial charge >= 0.3 is 5.97 Å². The van der Waals surface area contributed by atoms with Crippen LogP contribution in [0, 0.1) is 39.9 Å². The lowest BCUT2D eigenvalue weighted by Gasteiger charge is -2.79. The number of aliphatic hydroxyl groups excluding tert-OH is 1. The third kappa shape index (κ3) is 1.94. The highest BCUT2D eigenvalue weighted by atomic mass is 16.8. The van der Waals surface area contributed by atoms with Crippen LogP contribution in [0.15, 0.2) is 0 Å². The Labute approximate surface area is 181 Å². The van der Waals surface area contributed by atoms with Crippen molar-refractivity contribution >= 4 is 11.8 Å². The lowest BCUT2D eigenvalue weighted by molar-refractivity contribution is -0.554. The smallest absolute Gasteiger partial charge is 0.302 e. The fourth-order valence-electron chi connectivity index (χ4n) is 9.36. The number of ether oxygens (including phenoxy) is 4. The first-order valence-electron chi connectivity index (χ1n) is 11.5. The third-order valence-electron chi connectivity index (χ3n) is 9.87. The van der Waals surface area contributed by atoms with E-state index in [-0.39, 0.29) is 29.6 Å². The molecule has 8 rings (SSSR count). The molecule has 31 heavy (non-hydrogen) atoms. The highest BCUT2D eigenvalue weighted by Crippen LogP contribution is 2.81. The number of carbonyl (C=O) groups excluding carboxylic acids is 2. The highest BCUT2D eigenvalue weighted by molar-refractivity contribution is 5.94. The quantitative estimate of drug-likeness (QED) is 0.631. The van der Waals surface area contributed by atoms with Gasteiger partial charge in [0, 0.05) is 43.1 Å². The molecule has 172 valence electrons. The molecule has 4 saturated heterocycles. The van der Waals surface area contributed by atoms with Gasteiger partial charge in [-0.3, -0.25) is 9.59 Å². The molecule has 8 nitrogen and oxygen atoms in total. The summed E-state index contributed by atoms with van der Waals surface area (Å²) < 4.78 is 23.9. The van der Waals surface area contributed by atoms with Crippen molar-refractivity contribution in [3.8, 4) is 0 Å². The third-order valence-corrected chi connectivity index (χ3v) is 9.87. The predicted molar refractivity (Wildman–Crippen MR) is 104 cm³/mol. The Balaban J connectivity index is 1.63. The standard InChI is InChI=1S/C23H32O8/c1-10(24)29-13-8-11-12(9-28-4)16(25)22-14(13)21-7-5-6-20(2,3)15(21)17(26)23(22,27)31-19(21)30-18(11)22/h11-15,17-19,26-27H,5-9H2,1-4H3/t11-,12-,13-,14-,15+,17-,18-,19?,21+,22-,23-/m0/s1. The molecule has 0 aromatic heterocycles. The lowest BCUT2D eigenvalue weighted by atomic mass is 9.34. The van der Waals surface area contributed by atoms with Crippen molar-refractivity contribution in [2.24, 2.45) is 39.9 Å². The van der Waals surface area contributed by atoms with Crippen LogP contribution in [0.4, 0.5) is 0 Å². The van der Waals surface area contributed by atoms with E-state index in [1.807, 2.05) is 0 Å². The van der Waals surface area contributed by atoms with Crippen LogP contribution in [-0.2, 0) is 28.5 Å². The summed E-state index contributed by atoms with van der Waals surface area (Å²) in [4.78, 5) is 26.2. The van der Waals surface area contributed by atoms with Crippen molar-refractivity contribution in [1.29, 1.82) is 0 Å². The topological polar surface area (TPSA) is 112 Å². The Hall–Kier alpha value is -1.06.